The molecule has 0 saturated heterocycles. The zero-order chi connectivity index (χ0) is 14.4. The van der Waals surface area contributed by atoms with Crippen LogP contribution in [0, 0.1) is 5.92 Å². The number of hydrogen-bond acceptors (Lipinski definition) is 5. The van der Waals surface area contributed by atoms with Gasteiger partial charge in [0.05, 0.1) is 13.2 Å². The lowest BCUT2D eigenvalue weighted by atomic mass is 10.2. The maximum absolute atomic E-state index is 5.62. The summed E-state index contributed by atoms with van der Waals surface area (Å²) in [6.45, 7) is 8.47. The molecule has 0 aliphatic carbocycles. The molecular formula is C14H21N5O. The minimum Gasteiger partial charge on any atom is -0.492 e. The van der Waals surface area contributed by atoms with Gasteiger partial charge < -0.3 is 10.1 Å². The van der Waals surface area contributed by atoms with Crippen LogP contribution in [-0.4, -0.2) is 33.4 Å². The summed E-state index contributed by atoms with van der Waals surface area (Å²) in [5.41, 5.74) is 0.862. The summed E-state index contributed by atoms with van der Waals surface area (Å²) in [6, 6.07) is 7.76. The van der Waals surface area contributed by atoms with Crippen molar-refractivity contribution in [1.29, 1.82) is 0 Å². The van der Waals surface area contributed by atoms with Crippen LogP contribution in [0.15, 0.2) is 24.3 Å². The highest BCUT2D eigenvalue weighted by atomic mass is 16.5. The highest BCUT2D eigenvalue weighted by molar-refractivity contribution is 5.46. The Hall–Kier alpha value is -1.95. The van der Waals surface area contributed by atoms with E-state index in [1.807, 2.05) is 31.2 Å². The third-order valence-electron chi connectivity index (χ3n) is 2.76. The van der Waals surface area contributed by atoms with Crippen molar-refractivity contribution in [3.63, 3.8) is 0 Å². The number of benzene rings is 1. The van der Waals surface area contributed by atoms with Gasteiger partial charge in [-0.25, -0.2) is 0 Å². The molecule has 1 heterocycles. The first-order valence-electron chi connectivity index (χ1n) is 6.92. The van der Waals surface area contributed by atoms with E-state index in [0.29, 0.717) is 19.1 Å². The minimum atomic E-state index is 0.593. The summed E-state index contributed by atoms with van der Waals surface area (Å²) in [4.78, 5) is 0. The molecule has 0 unspecified atom stereocenters. The van der Waals surface area contributed by atoms with Gasteiger partial charge in [0.25, 0.3) is 0 Å². The number of aromatic nitrogens is 4. The summed E-state index contributed by atoms with van der Waals surface area (Å²) >= 11 is 0. The maximum Gasteiger partial charge on any atom is 0.170 e. The molecule has 1 aromatic carbocycles. The lowest BCUT2D eigenvalue weighted by Crippen LogP contribution is -2.21. The molecule has 0 bridgehead atoms. The van der Waals surface area contributed by atoms with Crippen LogP contribution in [0.3, 0.4) is 0 Å². The van der Waals surface area contributed by atoms with Crippen LogP contribution in [0.1, 0.15) is 26.6 Å². The standard InChI is InChI=1S/C14H21N5O/c1-4-20-13-8-6-5-7-12(13)19-14(16-17-18-19)10-15-9-11(2)3/h5-8,11,15H,4,9-10H2,1-3H3. The predicted molar refractivity (Wildman–Crippen MR) is 76.9 cm³/mol. The lowest BCUT2D eigenvalue weighted by Gasteiger charge is -2.11. The van der Waals surface area contributed by atoms with Crippen molar-refractivity contribution in [3.05, 3.63) is 30.1 Å². The third-order valence-corrected chi connectivity index (χ3v) is 2.76. The SMILES string of the molecule is CCOc1ccccc1-n1nnnc1CNCC(C)C. The van der Waals surface area contributed by atoms with E-state index in [1.165, 1.54) is 0 Å². The monoisotopic (exact) mass is 275 g/mol. The van der Waals surface area contributed by atoms with Gasteiger partial charge in [0.1, 0.15) is 11.4 Å². The Morgan fingerprint density at radius 2 is 2.10 bits per heavy atom. The van der Waals surface area contributed by atoms with Crippen LogP contribution in [0.4, 0.5) is 0 Å². The molecule has 1 aromatic heterocycles. The molecule has 0 aliphatic heterocycles. The van der Waals surface area contributed by atoms with Crippen molar-refractivity contribution in [2.24, 2.45) is 5.92 Å². The zero-order valence-corrected chi connectivity index (χ0v) is 12.2. The van der Waals surface area contributed by atoms with Gasteiger partial charge in [-0.3, -0.25) is 0 Å². The van der Waals surface area contributed by atoms with Crippen molar-refractivity contribution in [2.75, 3.05) is 13.2 Å². The van der Waals surface area contributed by atoms with Crippen molar-refractivity contribution in [1.82, 2.24) is 25.5 Å². The summed E-state index contributed by atoms with van der Waals surface area (Å²) in [5, 5.41) is 15.2. The van der Waals surface area contributed by atoms with Crippen LogP contribution in [-0.2, 0) is 6.54 Å². The Balaban J connectivity index is 2.19. The van der Waals surface area contributed by atoms with Crippen LogP contribution >= 0.6 is 0 Å². The molecule has 6 nitrogen and oxygen atoms in total. The van der Waals surface area contributed by atoms with Gasteiger partial charge in [0.2, 0.25) is 0 Å². The molecular weight excluding hydrogens is 254 g/mol. The second kappa shape index (κ2) is 7.00. The largest absolute Gasteiger partial charge is 0.492 e. The number of tetrazole rings is 1. The Kier molecular flexibility index (Phi) is 5.06. The first-order chi connectivity index (χ1) is 9.72. The topological polar surface area (TPSA) is 64.9 Å². The van der Waals surface area contributed by atoms with Crippen molar-refractivity contribution >= 4 is 0 Å². The molecule has 0 aliphatic rings. The Morgan fingerprint density at radius 3 is 2.85 bits per heavy atom. The van der Waals surface area contributed by atoms with E-state index < -0.39 is 0 Å². The van der Waals surface area contributed by atoms with Crippen LogP contribution < -0.4 is 10.1 Å². The van der Waals surface area contributed by atoms with E-state index in [1.54, 1.807) is 4.68 Å². The molecule has 0 saturated carbocycles. The lowest BCUT2D eigenvalue weighted by molar-refractivity contribution is 0.338. The van der Waals surface area contributed by atoms with E-state index in [2.05, 4.69) is 34.7 Å². The van der Waals surface area contributed by atoms with Crippen LogP contribution in [0.25, 0.3) is 5.69 Å². The van der Waals surface area contributed by atoms with Crippen molar-refractivity contribution < 1.29 is 4.74 Å². The van der Waals surface area contributed by atoms with Gasteiger partial charge in [0, 0.05) is 0 Å². The van der Waals surface area contributed by atoms with E-state index in [4.69, 9.17) is 4.74 Å². The summed E-state index contributed by atoms with van der Waals surface area (Å²) in [6.07, 6.45) is 0. The highest BCUT2D eigenvalue weighted by Gasteiger charge is 2.12. The van der Waals surface area contributed by atoms with Gasteiger partial charge in [0.15, 0.2) is 5.82 Å². The fourth-order valence-electron chi connectivity index (χ4n) is 1.89. The number of nitrogens with one attached hydrogen (secondary N) is 1. The van der Waals surface area contributed by atoms with E-state index in [9.17, 15) is 0 Å². The van der Waals surface area contributed by atoms with Gasteiger partial charge in [-0.15, -0.1) is 5.10 Å². The van der Waals surface area contributed by atoms with E-state index in [-0.39, 0.29) is 0 Å². The molecule has 0 radical (unpaired) electrons. The first-order valence-corrected chi connectivity index (χ1v) is 6.92. The molecule has 20 heavy (non-hydrogen) atoms. The smallest absolute Gasteiger partial charge is 0.170 e. The second-order valence-electron chi connectivity index (χ2n) is 4.93. The quantitative estimate of drug-likeness (QED) is 0.835. The summed E-state index contributed by atoms with van der Waals surface area (Å²) in [7, 11) is 0. The Morgan fingerprint density at radius 1 is 1.30 bits per heavy atom. The number of rotatable bonds is 7. The molecule has 6 heteroatoms. The first kappa shape index (κ1) is 14.5. The summed E-state index contributed by atoms with van der Waals surface area (Å²) < 4.78 is 7.34. The fourth-order valence-corrected chi connectivity index (χ4v) is 1.89. The van der Waals surface area contributed by atoms with Crippen LogP contribution in [0.5, 0.6) is 5.75 Å². The van der Waals surface area contributed by atoms with Crippen molar-refractivity contribution in [2.45, 2.75) is 27.3 Å². The fraction of sp³-hybridized carbons (Fsp3) is 0.500. The molecule has 108 valence electrons. The minimum absolute atomic E-state index is 0.593. The molecule has 0 amide bonds. The highest BCUT2D eigenvalue weighted by Crippen LogP contribution is 2.22. The van der Waals surface area contributed by atoms with Gasteiger partial charge in [-0.2, -0.15) is 4.68 Å². The van der Waals surface area contributed by atoms with Gasteiger partial charge >= 0.3 is 0 Å². The molecule has 0 fully saturated rings. The average Bonchev–Trinajstić information content (AvgIpc) is 2.88. The Bertz CT molecular complexity index is 538. The van der Waals surface area contributed by atoms with E-state index >= 15 is 0 Å². The average molecular weight is 275 g/mol. The molecule has 1 N–H and O–H groups in total. The second-order valence-corrected chi connectivity index (χ2v) is 4.93. The zero-order valence-electron chi connectivity index (χ0n) is 12.2. The predicted octanol–water partition coefficient (Wildman–Crippen LogP) is 1.81. The maximum atomic E-state index is 5.62. The van der Waals surface area contributed by atoms with E-state index in [0.717, 1.165) is 23.8 Å². The van der Waals surface area contributed by atoms with Gasteiger partial charge in [-0.05, 0) is 41.9 Å². The van der Waals surface area contributed by atoms with Crippen molar-refractivity contribution in [3.8, 4) is 11.4 Å². The number of nitrogens with zero attached hydrogens (tertiary/aromatic N) is 4. The van der Waals surface area contributed by atoms with Crippen LogP contribution in [0.2, 0.25) is 0 Å². The Labute approximate surface area is 119 Å². The van der Waals surface area contributed by atoms with Gasteiger partial charge in [-0.1, -0.05) is 26.0 Å². The summed E-state index contributed by atoms with van der Waals surface area (Å²) in [5.74, 6) is 2.15. The molecule has 2 rings (SSSR count). The molecule has 0 atom stereocenters. The normalized spacial score (nSPS) is 11.0. The molecule has 2 aromatic rings. The number of hydrogen-bond donors (Lipinski definition) is 1. The number of para-hydroxylation sites is 2. The third kappa shape index (κ3) is 3.54. The number of ether oxygens (including phenoxy) is 1. The molecule has 0 spiro atoms.